The zero-order valence-electron chi connectivity index (χ0n) is 60.2. The molecule has 10 aromatic rings. The average molecular weight is 1250 g/mol. The van der Waals surface area contributed by atoms with E-state index in [1.807, 2.05) is 0 Å². The zero-order valence-corrected chi connectivity index (χ0v) is 60.2. The molecule has 0 N–H and O–H groups in total. The lowest BCUT2D eigenvalue weighted by Gasteiger charge is -2.52. The summed E-state index contributed by atoms with van der Waals surface area (Å²) in [5.41, 5.74) is 34.8. The highest BCUT2D eigenvalue weighted by molar-refractivity contribution is 7.00. The molecule has 2 unspecified atom stereocenters. The van der Waals surface area contributed by atoms with Crippen LogP contribution in [-0.4, -0.2) is 12.3 Å². The Labute approximate surface area is 574 Å². The second-order valence-corrected chi connectivity index (χ2v) is 35.1. The molecule has 0 radical (unpaired) electrons. The van der Waals surface area contributed by atoms with Crippen LogP contribution in [0.2, 0.25) is 0 Å². The summed E-state index contributed by atoms with van der Waals surface area (Å²) in [6, 6.07) is 80.2. The van der Waals surface area contributed by atoms with E-state index in [1.165, 1.54) is 164 Å². The fraction of sp³-hybridized carbons (Fsp3) is 0.348. The molecule has 0 amide bonds. The maximum atomic E-state index is 2.88. The molecule has 1 saturated carbocycles. The van der Waals surface area contributed by atoms with E-state index in [2.05, 4.69) is 333 Å². The number of hydrogen-bond donors (Lipinski definition) is 0. The van der Waals surface area contributed by atoms with Crippen molar-refractivity contribution in [2.45, 2.75) is 205 Å². The van der Waals surface area contributed by atoms with Crippen molar-refractivity contribution >= 4 is 68.6 Å². The molecule has 10 aromatic carbocycles. The first-order chi connectivity index (χ1) is 45.5. The average Bonchev–Trinajstić information content (AvgIpc) is 0.900. The molecule has 0 saturated heterocycles. The third-order valence-corrected chi connectivity index (χ3v) is 26.3. The van der Waals surface area contributed by atoms with Crippen molar-refractivity contribution in [1.82, 2.24) is 0 Å². The summed E-state index contributed by atoms with van der Waals surface area (Å²) in [5, 5.41) is 0. The van der Waals surface area contributed by atoms with Gasteiger partial charge in [-0.3, -0.25) is 0 Å². The van der Waals surface area contributed by atoms with Crippen LogP contribution in [-0.2, 0) is 43.3 Å². The third kappa shape index (κ3) is 8.32. The first kappa shape index (κ1) is 61.3. The summed E-state index contributed by atoms with van der Waals surface area (Å²) < 4.78 is 0. The predicted molar refractivity (Wildman–Crippen MR) is 410 cm³/mol. The number of rotatable bonds is 5. The molecule has 4 aliphatic carbocycles. The lowest BCUT2D eigenvalue weighted by atomic mass is 9.32. The number of benzene rings is 10. The number of anilines is 8. The summed E-state index contributed by atoms with van der Waals surface area (Å²) in [7, 11) is 0. The van der Waals surface area contributed by atoms with Crippen molar-refractivity contribution in [2.24, 2.45) is 0 Å². The standard InChI is InChI=1S/C92H96BN3/c1-84(2,3)60-39-43-77(63(49-60)58-32-22-19-23-33-58)95-80-56-73-72(89(12,13)66-36-26-27-37-67(66)90(73,14)15)54-76(80)93-75-53-69-70(86(6,7)47-46-85(69,4)5)55-79(75)94(61-40-41-68-71(50-61)88(10,11)65-35-25-24-34-64(65)87(68,8)9)81-51-62(52-82(95)83(81)93)96-78-42-38-59(57-30-20-18-21-31-57)48-74(78)91(16)44-28-29-45-92(91,96)17/h18-27,30-43,48-56H,28-29,44-47H2,1-17H3. The summed E-state index contributed by atoms with van der Waals surface area (Å²) in [6.45, 7) is 42.2. The van der Waals surface area contributed by atoms with Crippen LogP contribution in [0.15, 0.2) is 200 Å². The predicted octanol–water partition coefficient (Wildman–Crippen LogP) is 22.4. The molecule has 3 heterocycles. The Hall–Kier alpha value is -8.34. The molecule has 2 atom stereocenters. The van der Waals surface area contributed by atoms with Crippen LogP contribution in [0.4, 0.5) is 45.5 Å². The second kappa shape index (κ2) is 20.1. The molecule has 1 fully saturated rings. The van der Waals surface area contributed by atoms with E-state index >= 15 is 0 Å². The number of hydrogen-bond acceptors (Lipinski definition) is 3. The van der Waals surface area contributed by atoms with E-state index in [0.29, 0.717) is 0 Å². The van der Waals surface area contributed by atoms with E-state index in [9.17, 15) is 0 Å². The van der Waals surface area contributed by atoms with Gasteiger partial charge in [-0.05, 0) is 209 Å². The maximum Gasteiger partial charge on any atom is 0.252 e. The van der Waals surface area contributed by atoms with Gasteiger partial charge in [-0.1, -0.05) is 263 Å². The van der Waals surface area contributed by atoms with Crippen molar-refractivity contribution < 1.29 is 0 Å². The minimum Gasteiger partial charge on any atom is -0.334 e. The van der Waals surface area contributed by atoms with Crippen molar-refractivity contribution in [3.05, 3.63) is 267 Å². The largest absolute Gasteiger partial charge is 0.334 e. The first-order valence-corrected chi connectivity index (χ1v) is 36.2. The normalized spacial score (nSPS) is 21.8. The van der Waals surface area contributed by atoms with Gasteiger partial charge in [-0.25, -0.2) is 0 Å². The number of fused-ring (bicyclic) bond motifs is 12. The summed E-state index contributed by atoms with van der Waals surface area (Å²) in [5.74, 6) is 0. The number of nitrogens with zero attached hydrogens (tertiary/aromatic N) is 3. The molecule has 0 spiro atoms. The van der Waals surface area contributed by atoms with Crippen LogP contribution < -0.4 is 31.1 Å². The second-order valence-electron chi connectivity index (χ2n) is 35.1. The van der Waals surface area contributed by atoms with Crippen LogP contribution in [0.3, 0.4) is 0 Å². The van der Waals surface area contributed by atoms with Gasteiger partial charge in [0.1, 0.15) is 0 Å². The van der Waals surface area contributed by atoms with Crippen molar-refractivity contribution in [2.75, 3.05) is 14.7 Å². The molecule has 3 aliphatic heterocycles. The molecule has 4 heteroatoms. The SMILES string of the molecule is CC(C)(C)c1ccc(N2c3cc4c(cc3B3c5cc6c(cc5N(c5ccc7c(c5)C(C)(C)c5ccccc5C7(C)C)c5cc(N7c8ccc(-c9ccccc9)cc8C8(C)CCCCC78C)cc2c53)C(C)(C)CCC6(C)C)C(C)(C)c2ccccc2C4(C)C)c(-c2ccccc2)c1. The van der Waals surface area contributed by atoms with E-state index < -0.39 is 0 Å². The highest BCUT2D eigenvalue weighted by Crippen LogP contribution is 2.64. The summed E-state index contributed by atoms with van der Waals surface area (Å²) in [6.07, 6.45) is 6.89. The first-order valence-electron chi connectivity index (χ1n) is 36.2. The zero-order chi connectivity index (χ0) is 67.0. The van der Waals surface area contributed by atoms with Crippen molar-refractivity contribution in [3.63, 3.8) is 0 Å². The molecular weight excluding hydrogens is 1160 g/mol. The van der Waals surface area contributed by atoms with E-state index in [4.69, 9.17) is 0 Å². The lowest BCUT2D eigenvalue weighted by Crippen LogP contribution is -2.62. The molecule has 0 aromatic heterocycles. The Morgan fingerprint density at radius 3 is 1.39 bits per heavy atom. The van der Waals surface area contributed by atoms with Gasteiger partial charge in [0.05, 0.1) is 11.2 Å². The van der Waals surface area contributed by atoms with Gasteiger partial charge in [-0.15, -0.1) is 0 Å². The highest BCUT2D eigenvalue weighted by atomic mass is 15.3. The van der Waals surface area contributed by atoms with Crippen molar-refractivity contribution in [1.29, 1.82) is 0 Å². The molecule has 3 nitrogen and oxygen atoms in total. The molecule has 482 valence electrons. The molecular formula is C92H96BN3. The maximum absolute atomic E-state index is 2.88. The smallest absolute Gasteiger partial charge is 0.252 e. The third-order valence-electron chi connectivity index (χ3n) is 26.3. The van der Waals surface area contributed by atoms with Crippen LogP contribution in [0.25, 0.3) is 22.3 Å². The van der Waals surface area contributed by atoms with Gasteiger partial charge in [0.2, 0.25) is 0 Å². The van der Waals surface area contributed by atoms with Gasteiger partial charge in [-0.2, -0.15) is 0 Å². The van der Waals surface area contributed by atoms with Gasteiger partial charge in [0.15, 0.2) is 0 Å². The molecule has 17 rings (SSSR count). The van der Waals surface area contributed by atoms with E-state index in [-0.39, 0.29) is 55.6 Å². The minimum absolute atomic E-state index is 0.0351. The molecule has 7 aliphatic rings. The fourth-order valence-electron chi connectivity index (χ4n) is 20.2. The quantitative estimate of drug-likeness (QED) is 0.159. The molecule has 96 heavy (non-hydrogen) atoms. The van der Waals surface area contributed by atoms with Crippen molar-refractivity contribution in [3.8, 4) is 22.3 Å². The van der Waals surface area contributed by atoms with Gasteiger partial charge >= 0.3 is 0 Å². The van der Waals surface area contributed by atoms with Crippen LogP contribution >= 0.6 is 0 Å². The van der Waals surface area contributed by atoms with E-state index in [1.54, 1.807) is 0 Å². The van der Waals surface area contributed by atoms with E-state index in [0.717, 1.165) is 25.7 Å². The molecule has 0 bridgehead atoms. The van der Waals surface area contributed by atoms with Crippen LogP contribution in [0.5, 0.6) is 0 Å². The Morgan fingerprint density at radius 1 is 0.323 bits per heavy atom. The minimum atomic E-state index is -0.295. The fourth-order valence-corrected chi connectivity index (χ4v) is 20.2. The highest BCUT2D eigenvalue weighted by Gasteiger charge is 2.59. The van der Waals surface area contributed by atoms with Crippen LogP contribution in [0.1, 0.15) is 223 Å². The Bertz CT molecular complexity index is 4930. The Morgan fingerprint density at radius 2 is 0.792 bits per heavy atom. The van der Waals surface area contributed by atoms with Gasteiger partial charge < -0.3 is 14.7 Å². The Balaban J connectivity index is 1.05. The lowest BCUT2D eigenvalue weighted by molar-refractivity contribution is 0.195. The van der Waals surface area contributed by atoms with Gasteiger partial charge in [0, 0.05) is 72.5 Å². The Kier molecular flexibility index (Phi) is 12.9. The monoisotopic (exact) mass is 1250 g/mol. The van der Waals surface area contributed by atoms with Gasteiger partial charge in [0.25, 0.3) is 6.71 Å². The summed E-state index contributed by atoms with van der Waals surface area (Å²) in [4.78, 5) is 8.49. The van der Waals surface area contributed by atoms with Crippen LogP contribution in [0, 0.1) is 0 Å². The topological polar surface area (TPSA) is 9.72 Å². The summed E-state index contributed by atoms with van der Waals surface area (Å²) >= 11 is 0.